The standard InChI is InChI=1S/C12H22N6O/c1-10-11(15-9-16-12(10)17-13)14-3-2-4-18-5-7-19-8-6-18/h9H,2-8,13H2,1H3,(H2,14,15,16,17). The summed E-state index contributed by atoms with van der Waals surface area (Å²) in [7, 11) is 0. The molecule has 106 valence electrons. The molecule has 0 aromatic carbocycles. The van der Waals surface area contributed by atoms with E-state index in [1.54, 1.807) is 0 Å². The molecule has 1 fully saturated rings. The Bertz CT molecular complexity index is 394. The summed E-state index contributed by atoms with van der Waals surface area (Å²) in [5.74, 6) is 6.88. The van der Waals surface area contributed by atoms with Crippen LogP contribution >= 0.6 is 0 Å². The maximum atomic E-state index is 5.39. The smallest absolute Gasteiger partial charge is 0.148 e. The van der Waals surface area contributed by atoms with E-state index in [1.165, 1.54) is 6.33 Å². The second-order valence-corrected chi connectivity index (χ2v) is 4.57. The van der Waals surface area contributed by atoms with E-state index in [1.807, 2.05) is 6.92 Å². The molecule has 7 nitrogen and oxygen atoms in total. The van der Waals surface area contributed by atoms with Crippen LogP contribution in [-0.4, -0.2) is 54.3 Å². The van der Waals surface area contributed by atoms with E-state index in [4.69, 9.17) is 10.6 Å². The minimum Gasteiger partial charge on any atom is -0.379 e. The van der Waals surface area contributed by atoms with Gasteiger partial charge in [-0.25, -0.2) is 15.8 Å². The molecule has 1 aromatic rings. The van der Waals surface area contributed by atoms with Gasteiger partial charge in [-0.2, -0.15) is 0 Å². The summed E-state index contributed by atoms with van der Waals surface area (Å²) in [5.41, 5.74) is 3.51. The van der Waals surface area contributed by atoms with Gasteiger partial charge in [0.05, 0.1) is 13.2 Å². The van der Waals surface area contributed by atoms with Crippen LogP contribution in [0.3, 0.4) is 0 Å². The van der Waals surface area contributed by atoms with E-state index in [2.05, 4.69) is 25.6 Å². The molecule has 0 spiro atoms. The molecule has 0 bridgehead atoms. The van der Waals surface area contributed by atoms with Crippen LogP contribution in [0.5, 0.6) is 0 Å². The lowest BCUT2D eigenvalue weighted by molar-refractivity contribution is 0.0378. The van der Waals surface area contributed by atoms with E-state index >= 15 is 0 Å². The van der Waals surface area contributed by atoms with Crippen molar-refractivity contribution in [3.05, 3.63) is 11.9 Å². The van der Waals surface area contributed by atoms with Gasteiger partial charge >= 0.3 is 0 Å². The zero-order chi connectivity index (χ0) is 13.5. The predicted molar refractivity (Wildman–Crippen MR) is 74.9 cm³/mol. The molecule has 0 saturated carbocycles. The van der Waals surface area contributed by atoms with Crippen LogP contribution in [0.1, 0.15) is 12.0 Å². The predicted octanol–water partition coefficient (Wildman–Crippen LogP) is 0.205. The van der Waals surface area contributed by atoms with Crippen LogP contribution < -0.4 is 16.6 Å². The average Bonchev–Trinajstić information content (AvgIpc) is 2.46. The fraction of sp³-hybridized carbons (Fsp3) is 0.667. The molecule has 1 saturated heterocycles. The largest absolute Gasteiger partial charge is 0.379 e. The lowest BCUT2D eigenvalue weighted by Crippen LogP contribution is -2.37. The molecule has 0 amide bonds. The molecule has 4 N–H and O–H groups in total. The van der Waals surface area contributed by atoms with Crippen molar-refractivity contribution in [2.45, 2.75) is 13.3 Å². The molecule has 2 heterocycles. The van der Waals surface area contributed by atoms with Crippen LogP contribution in [0.15, 0.2) is 6.33 Å². The number of nitrogens with zero attached hydrogens (tertiary/aromatic N) is 3. The van der Waals surface area contributed by atoms with Crippen LogP contribution in [0, 0.1) is 6.92 Å². The van der Waals surface area contributed by atoms with Crippen molar-refractivity contribution in [3.63, 3.8) is 0 Å². The van der Waals surface area contributed by atoms with E-state index < -0.39 is 0 Å². The quantitative estimate of drug-likeness (QED) is 0.385. The maximum Gasteiger partial charge on any atom is 0.148 e. The normalized spacial score (nSPS) is 16.3. The summed E-state index contributed by atoms with van der Waals surface area (Å²) < 4.78 is 5.32. The Labute approximate surface area is 113 Å². The first-order chi connectivity index (χ1) is 9.31. The maximum absolute atomic E-state index is 5.39. The highest BCUT2D eigenvalue weighted by Gasteiger charge is 2.09. The Balaban J connectivity index is 1.73. The summed E-state index contributed by atoms with van der Waals surface area (Å²) in [6, 6.07) is 0. The fourth-order valence-corrected chi connectivity index (χ4v) is 2.11. The molecule has 19 heavy (non-hydrogen) atoms. The van der Waals surface area contributed by atoms with Crippen molar-refractivity contribution >= 4 is 11.6 Å². The van der Waals surface area contributed by atoms with Gasteiger partial charge in [0.2, 0.25) is 0 Å². The number of anilines is 2. The Kier molecular flexibility index (Phi) is 5.31. The van der Waals surface area contributed by atoms with Gasteiger partial charge in [0.25, 0.3) is 0 Å². The number of morpholine rings is 1. The van der Waals surface area contributed by atoms with Gasteiger partial charge in [-0.05, 0) is 19.9 Å². The van der Waals surface area contributed by atoms with Crippen LogP contribution in [0.25, 0.3) is 0 Å². The summed E-state index contributed by atoms with van der Waals surface area (Å²) in [6.45, 7) is 7.69. The number of aromatic nitrogens is 2. The Morgan fingerprint density at radius 3 is 2.79 bits per heavy atom. The molecule has 1 aliphatic rings. The molecule has 0 radical (unpaired) electrons. The number of nitrogens with one attached hydrogen (secondary N) is 2. The van der Waals surface area contributed by atoms with E-state index in [0.29, 0.717) is 5.82 Å². The number of nitrogen functional groups attached to an aromatic ring is 1. The van der Waals surface area contributed by atoms with Crippen molar-refractivity contribution < 1.29 is 4.74 Å². The third kappa shape index (κ3) is 4.02. The summed E-state index contributed by atoms with van der Waals surface area (Å²) >= 11 is 0. The van der Waals surface area contributed by atoms with Crippen molar-refractivity contribution in [3.8, 4) is 0 Å². The summed E-state index contributed by atoms with van der Waals surface area (Å²) in [5, 5.41) is 3.32. The van der Waals surface area contributed by atoms with Gasteiger partial charge in [-0.15, -0.1) is 0 Å². The minimum absolute atomic E-state index is 0.658. The number of nitrogens with two attached hydrogens (primary N) is 1. The molecule has 0 unspecified atom stereocenters. The number of hydrazine groups is 1. The van der Waals surface area contributed by atoms with Crippen molar-refractivity contribution in [2.75, 3.05) is 50.1 Å². The Hall–Kier alpha value is -1.44. The molecular formula is C12H22N6O. The topological polar surface area (TPSA) is 88.3 Å². The number of hydrogen-bond donors (Lipinski definition) is 3. The summed E-state index contributed by atoms with van der Waals surface area (Å²) in [6.07, 6.45) is 2.58. The SMILES string of the molecule is Cc1c(NN)ncnc1NCCCN1CCOCC1. The lowest BCUT2D eigenvalue weighted by Gasteiger charge is -2.26. The highest BCUT2D eigenvalue weighted by molar-refractivity contribution is 5.55. The molecule has 7 heteroatoms. The van der Waals surface area contributed by atoms with Gasteiger partial charge in [-0.3, -0.25) is 4.90 Å². The first-order valence-corrected chi connectivity index (χ1v) is 6.63. The zero-order valence-electron chi connectivity index (χ0n) is 11.4. The highest BCUT2D eigenvalue weighted by atomic mass is 16.5. The van der Waals surface area contributed by atoms with Crippen LogP contribution in [0.2, 0.25) is 0 Å². The van der Waals surface area contributed by atoms with Gasteiger partial charge in [0.15, 0.2) is 0 Å². The molecule has 0 aliphatic carbocycles. The van der Waals surface area contributed by atoms with Crippen LogP contribution in [0.4, 0.5) is 11.6 Å². The van der Waals surface area contributed by atoms with Gasteiger partial charge in [0, 0.05) is 25.2 Å². The van der Waals surface area contributed by atoms with Crippen molar-refractivity contribution in [1.29, 1.82) is 0 Å². The molecular weight excluding hydrogens is 244 g/mol. The van der Waals surface area contributed by atoms with Crippen molar-refractivity contribution in [1.82, 2.24) is 14.9 Å². The molecule has 1 aliphatic heterocycles. The molecule has 0 atom stereocenters. The Morgan fingerprint density at radius 2 is 2.05 bits per heavy atom. The third-order valence-electron chi connectivity index (χ3n) is 3.27. The lowest BCUT2D eigenvalue weighted by atomic mass is 10.3. The zero-order valence-corrected chi connectivity index (χ0v) is 11.4. The van der Waals surface area contributed by atoms with E-state index in [-0.39, 0.29) is 0 Å². The highest BCUT2D eigenvalue weighted by Crippen LogP contribution is 2.16. The Morgan fingerprint density at radius 1 is 1.32 bits per heavy atom. The first kappa shape index (κ1) is 14.0. The molecule has 2 rings (SSSR count). The van der Waals surface area contributed by atoms with Gasteiger partial charge in [0.1, 0.15) is 18.0 Å². The second-order valence-electron chi connectivity index (χ2n) is 4.57. The number of ether oxygens (including phenoxy) is 1. The fourth-order valence-electron chi connectivity index (χ4n) is 2.11. The first-order valence-electron chi connectivity index (χ1n) is 6.63. The number of hydrogen-bond acceptors (Lipinski definition) is 7. The average molecular weight is 266 g/mol. The molecule has 1 aromatic heterocycles. The van der Waals surface area contributed by atoms with Crippen LogP contribution in [-0.2, 0) is 4.74 Å². The second kappa shape index (κ2) is 7.22. The van der Waals surface area contributed by atoms with E-state index in [9.17, 15) is 0 Å². The van der Waals surface area contributed by atoms with Gasteiger partial charge in [-0.1, -0.05) is 0 Å². The number of rotatable bonds is 6. The van der Waals surface area contributed by atoms with Gasteiger partial charge < -0.3 is 15.5 Å². The summed E-state index contributed by atoms with van der Waals surface area (Å²) in [4.78, 5) is 10.7. The minimum atomic E-state index is 0.658. The third-order valence-corrected chi connectivity index (χ3v) is 3.27. The monoisotopic (exact) mass is 266 g/mol. The van der Waals surface area contributed by atoms with Crippen molar-refractivity contribution in [2.24, 2.45) is 5.84 Å². The van der Waals surface area contributed by atoms with E-state index in [0.717, 1.165) is 57.2 Å².